The van der Waals surface area contributed by atoms with Crippen LogP contribution in [-0.4, -0.2) is 45.6 Å². The summed E-state index contributed by atoms with van der Waals surface area (Å²) in [7, 11) is 0. The first-order valence-electron chi connectivity index (χ1n) is 5.88. The molecule has 1 aromatic heterocycles. The van der Waals surface area contributed by atoms with Gasteiger partial charge in [0, 0.05) is 32.4 Å². The first kappa shape index (κ1) is 13.1. The van der Waals surface area contributed by atoms with Crippen molar-refractivity contribution in [3.05, 3.63) is 29.0 Å². The number of likely N-dealkylation sites (N-methyl/N-ethyl adjacent to an activating group) is 1. The Morgan fingerprint density at radius 3 is 2.83 bits per heavy atom. The van der Waals surface area contributed by atoms with Gasteiger partial charge in [-0.15, -0.1) is 0 Å². The zero-order chi connectivity index (χ0) is 13.0. The maximum atomic E-state index is 8.86. The second kappa shape index (κ2) is 5.99. The van der Waals surface area contributed by atoms with Crippen LogP contribution in [0.2, 0.25) is 5.15 Å². The van der Waals surface area contributed by atoms with Gasteiger partial charge in [0.15, 0.2) is 0 Å². The number of hydrogen-bond donors (Lipinski definition) is 2. The fourth-order valence-electron chi connectivity index (χ4n) is 2.03. The Bertz CT molecular complexity index is 422. The number of rotatable bonds is 4. The lowest BCUT2D eigenvalue weighted by molar-refractivity contribution is -0.893. The highest BCUT2D eigenvalue weighted by molar-refractivity contribution is 6.29. The van der Waals surface area contributed by atoms with Crippen LogP contribution < -0.4 is 5.59 Å². The molecule has 1 aliphatic heterocycles. The van der Waals surface area contributed by atoms with Crippen LogP contribution in [0.3, 0.4) is 0 Å². The molecular weight excluding hydrogens is 254 g/mol. The molecule has 18 heavy (non-hydrogen) atoms. The third-order valence-electron chi connectivity index (χ3n) is 2.92. The van der Waals surface area contributed by atoms with E-state index in [-0.39, 0.29) is 0 Å². The predicted molar refractivity (Wildman–Crippen MR) is 68.1 cm³/mol. The topological polar surface area (TPSA) is 68.6 Å². The summed E-state index contributed by atoms with van der Waals surface area (Å²) < 4.78 is 0. The molecule has 2 heterocycles. The highest BCUT2D eigenvalue weighted by atomic mass is 35.5. The van der Waals surface area contributed by atoms with Crippen LogP contribution in [0, 0.1) is 0 Å². The van der Waals surface area contributed by atoms with Gasteiger partial charge in [0.2, 0.25) is 0 Å². The second-order valence-electron chi connectivity index (χ2n) is 4.03. The van der Waals surface area contributed by atoms with Crippen LogP contribution in [0.5, 0.6) is 0 Å². The standard InChI is InChI=1S/C11H16ClN5O/c1-2-16-5-6-17(11(16)14-15-18)8-9-3-4-10(12)13-7-9/h3-4,7,15,18H,2,5-6,8H2,1H3/p+1/b14-11+. The Morgan fingerprint density at radius 1 is 1.44 bits per heavy atom. The van der Waals surface area contributed by atoms with Crippen molar-refractivity contribution in [3.63, 3.8) is 0 Å². The summed E-state index contributed by atoms with van der Waals surface area (Å²) in [5, 5.41) is 13.4. The van der Waals surface area contributed by atoms with E-state index >= 15 is 0 Å². The van der Waals surface area contributed by atoms with E-state index in [0.717, 1.165) is 36.7 Å². The number of guanidine groups is 1. The average molecular weight is 271 g/mol. The number of aromatic nitrogens is 1. The molecular formula is C11H17ClN5O+. The van der Waals surface area contributed by atoms with Crippen molar-refractivity contribution in [1.29, 1.82) is 0 Å². The molecule has 0 aromatic carbocycles. The molecule has 0 atom stereocenters. The summed E-state index contributed by atoms with van der Waals surface area (Å²) in [6.07, 6.45) is 1.76. The van der Waals surface area contributed by atoms with Gasteiger partial charge in [-0.1, -0.05) is 23.3 Å². The minimum absolute atomic E-state index is 0.493. The molecule has 6 nitrogen and oxygen atoms in total. The molecule has 2 rings (SSSR count). The van der Waals surface area contributed by atoms with Crippen LogP contribution in [0.4, 0.5) is 0 Å². The van der Waals surface area contributed by atoms with Crippen LogP contribution in [0.25, 0.3) is 0 Å². The lowest BCUT2D eigenvalue weighted by atomic mass is 10.3. The van der Waals surface area contributed by atoms with E-state index in [9.17, 15) is 0 Å². The smallest absolute Gasteiger partial charge is 0.259 e. The summed E-state index contributed by atoms with van der Waals surface area (Å²) >= 11 is 5.76. The fourth-order valence-corrected chi connectivity index (χ4v) is 2.14. The Balaban J connectivity index is 2.09. The molecule has 0 aliphatic carbocycles. The highest BCUT2D eigenvalue weighted by Crippen LogP contribution is 2.13. The lowest BCUT2D eigenvalue weighted by Crippen LogP contribution is -2.75. The molecule has 0 radical (unpaired) electrons. The van der Waals surface area contributed by atoms with E-state index < -0.39 is 0 Å². The molecule has 0 bridgehead atoms. The van der Waals surface area contributed by atoms with Gasteiger partial charge in [-0.25, -0.2) is 4.98 Å². The molecule has 1 aromatic rings. The largest absolute Gasteiger partial charge is 0.337 e. The Kier molecular flexibility index (Phi) is 4.35. The summed E-state index contributed by atoms with van der Waals surface area (Å²) in [5.74, 6) is 0.801. The molecule has 0 spiro atoms. The average Bonchev–Trinajstić information content (AvgIpc) is 2.75. The summed E-state index contributed by atoms with van der Waals surface area (Å²) in [6, 6.07) is 3.73. The first-order chi connectivity index (χ1) is 8.74. The van der Waals surface area contributed by atoms with E-state index in [0.29, 0.717) is 11.7 Å². The Hall–Kier alpha value is -1.37. The SMILES string of the molecule is CCN1CCN(Cc2ccc(Cl)nc2)/C1=N/[NH2+]O. The Morgan fingerprint density at radius 2 is 2.22 bits per heavy atom. The lowest BCUT2D eigenvalue weighted by Gasteiger charge is -2.20. The molecule has 7 heteroatoms. The van der Waals surface area contributed by atoms with Crippen LogP contribution in [0.1, 0.15) is 12.5 Å². The number of nitrogens with two attached hydrogens (primary N) is 1. The number of halogens is 1. The maximum Gasteiger partial charge on any atom is 0.259 e. The van der Waals surface area contributed by atoms with E-state index in [1.807, 2.05) is 6.07 Å². The van der Waals surface area contributed by atoms with Crippen molar-refractivity contribution < 1.29 is 10.8 Å². The van der Waals surface area contributed by atoms with Crippen molar-refractivity contribution >= 4 is 17.6 Å². The maximum absolute atomic E-state index is 8.86. The zero-order valence-electron chi connectivity index (χ0n) is 10.3. The number of pyridine rings is 1. The Labute approximate surface area is 111 Å². The van der Waals surface area contributed by atoms with Crippen molar-refractivity contribution in [2.45, 2.75) is 13.5 Å². The van der Waals surface area contributed by atoms with Gasteiger partial charge in [-0.05, 0) is 23.7 Å². The minimum Gasteiger partial charge on any atom is -0.337 e. The summed E-state index contributed by atoms with van der Waals surface area (Å²) in [6.45, 7) is 5.48. The van der Waals surface area contributed by atoms with Crippen molar-refractivity contribution in [1.82, 2.24) is 14.8 Å². The molecule has 1 aliphatic rings. The zero-order valence-corrected chi connectivity index (χ0v) is 11.0. The molecule has 1 saturated heterocycles. The molecule has 3 N–H and O–H groups in total. The highest BCUT2D eigenvalue weighted by Gasteiger charge is 2.26. The molecule has 0 amide bonds. The normalized spacial score (nSPS) is 17.8. The third-order valence-corrected chi connectivity index (χ3v) is 3.15. The quantitative estimate of drug-likeness (QED) is 0.462. The van der Waals surface area contributed by atoms with Gasteiger partial charge in [0.25, 0.3) is 5.96 Å². The summed E-state index contributed by atoms with van der Waals surface area (Å²) in [5.41, 5.74) is 1.92. The van der Waals surface area contributed by atoms with Gasteiger partial charge >= 0.3 is 0 Å². The monoisotopic (exact) mass is 270 g/mol. The van der Waals surface area contributed by atoms with E-state index in [1.165, 1.54) is 0 Å². The van der Waals surface area contributed by atoms with Crippen molar-refractivity contribution in [2.75, 3.05) is 19.6 Å². The van der Waals surface area contributed by atoms with Crippen LogP contribution >= 0.6 is 11.6 Å². The van der Waals surface area contributed by atoms with Gasteiger partial charge < -0.3 is 9.80 Å². The van der Waals surface area contributed by atoms with Gasteiger partial charge in [-0.3, -0.25) is 0 Å². The fraction of sp³-hybridized carbons (Fsp3) is 0.455. The van der Waals surface area contributed by atoms with Gasteiger partial charge in [0.05, 0.1) is 0 Å². The summed E-state index contributed by atoms with van der Waals surface area (Å²) in [4.78, 5) is 8.29. The third kappa shape index (κ3) is 2.90. The van der Waals surface area contributed by atoms with Crippen LogP contribution in [0.15, 0.2) is 23.4 Å². The van der Waals surface area contributed by atoms with Gasteiger partial charge in [0.1, 0.15) is 5.15 Å². The van der Waals surface area contributed by atoms with E-state index in [1.54, 1.807) is 12.3 Å². The molecule has 98 valence electrons. The molecule has 0 unspecified atom stereocenters. The van der Waals surface area contributed by atoms with E-state index in [2.05, 4.69) is 26.8 Å². The van der Waals surface area contributed by atoms with E-state index in [4.69, 9.17) is 16.8 Å². The minimum atomic E-state index is 0.493. The molecule has 1 fully saturated rings. The van der Waals surface area contributed by atoms with Crippen LogP contribution in [-0.2, 0) is 6.54 Å². The van der Waals surface area contributed by atoms with Gasteiger partial charge in [-0.2, -0.15) is 5.21 Å². The first-order valence-corrected chi connectivity index (χ1v) is 6.26. The number of hydrogen-bond acceptors (Lipinski definition) is 3. The number of nitrogens with zero attached hydrogens (tertiary/aromatic N) is 4. The van der Waals surface area contributed by atoms with Crippen molar-refractivity contribution in [2.24, 2.45) is 5.10 Å². The van der Waals surface area contributed by atoms with Crippen molar-refractivity contribution in [3.8, 4) is 0 Å². The predicted octanol–water partition coefficient (Wildman–Crippen LogP) is 0.0961. The second-order valence-corrected chi connectivity index (χ2v) is 4.42. The number of quaternary nitrogens is 1. The molecule has 0 saturated carbocycles.